The zero-order valence-corrected chi connectivity index (χ0v) is 11.4. The van der Waals surface area contributed by atoms with Gasteiger partial charge in [0.1, 0.15) is 5.75 Å². The molecule has 1 aromatic heterocycles. The molecular formula is C11H13BrN4O2. The van der Waals surface area contributed by atoms with Crippen molar-refractivity contribution >= 4 is 27.6 Å². The van der Waals surface area contributed by atoms with Crippen molar-refractivity contribution < 1.29 is 9.15 Å². The Hall–Kier alpha value is -1.60. The maximum atomic E-state index is 5.41. The lowest BCUT2D eigenvalue weighted by atomic mass is 10.3. The molecule has 0 aliphatic carbocycles. The fraction of sp³-hybridized carbons (Fsp3) is 0.273. The number of nitrogens with zero attached hydrogens (tertiary/aromatic N) is 2. The van der Waals surface area contributed by atoms with Crippen LogP contribution in [0.1, 0.15) is 5.89 Å². The van der Waals surface area contributed by atoms with Gasteiger partial charge in [-0.3, -0.25) is 0 Å². The molecule has 0 bridgehead atoms. The van der Waals surface area contributed by atoms with Gasteiger partial charge >= 0.3 is 6.01 Å². The highest BCUT2D eigenvalue weighted by Crippen LogP contribution is 2.29. The van der Waals surface area contributed by atoms with Gasteiger partial charge in [0.15, 0.2) is 0 Å². The van der Waals surface area contributed by atoms with Crippen LogP contribution in [0.3, 0.4) is 0 Å². The fourth-order valence-electron chi connectivity index (χ4n) is 1.37. The minimum Gasteiger partial charge on any atom is -0.497 e. The molecule has 0 aliphatic rings. The summed E-state index contributed by atoms with van der Waals surface area (Å²) in [6.45, 7) is 0.477. The van der Waals surface area contributed by atoms with Crippen LogP contribution >= 0.6 is 15.9 Å². The standard InChI is InChI=1S/C11H13BrN4O2/c1-17-7-2-3-8(12)9(6-7)14-11-16-15-10(18-11)4-5-13/h2-3,6H,4-5,13H2,1H3,(H,14,16). The molecule has 7 heteroatoms. The van der Waals surface area contributed by atoms with Gasteiger partial charge in [-0.05, 0) is 28.1 Å². The number of anilines is 2. The molecule has 18 heavy (non-hydrogen) atoms. The SMILES string of the molecule is COc1ccc(Br)c(Nc2nnc(CCN)o2)c1. The fourth-order valence-corrected chi connectivity index (χ4v) is 1.72. The molecule has 2 aromatic rings. The molecule has 1 aromatic carbocycles. The zero-order valence-electron chi connectivity index (χ0n) is 9.81. The highest BCUT2D eigenvalue weighted by molar-refractivity contribution is 9.10. The maximum Gasteiger partial charge on any atom is 0.320 e. The first-order chi connectivity index (χ1) is 8.72. The Labute approximate surface area is 113 Å². The summed E-state index contributed by atoms with van der Waals surface area (Å²) >= 11 is 3.43. The van der Waals surface area contributed by atoms with Gasteiger partial charge in [-0.2, -0.15) is 0 Å². The number of nitrogens with two attached hydrogens (primary N) is 1. The van der Waals surface area contributed by atoms with Crippen molar-refractivity contribution in [2.45, 2.75) is 6.42 Å². The third kappa shape index (κ3) is 2.99. The molecule has 3 N–H and O–H groups in total. The number of ether oxygens (including phenoxy) is 1. The summed E-state index contributed by atoms with van der Waals surface area (Å²) in [4.78, 5) is 0. The van der Waals surface area contributed by atoms with Gasteiger partial charge in [0.05, 0.1) is 12.8 Å². The number of nitrogens with one attached hydrogen (secondary N) is 1. The second-order valence-corrected chi connectivity index (χ2v) is 4.36. The van der Waals surface area contributed by atoms with Gasteiger partial charge in [0.2, 0.25) is 5.89 Å². The predicted molar refractivity (Wildman–Crippen MR) is 71.0 cm³/mol. The van der Waals surface area contributed by atoms with Crippen molar-refractivity contribution in [1.82, 2.24) is 10.2 Å². The van der Waals surface area contributed by atoms with E-state index in [1.807, 2.05) is 18.2 Å². The van der Waals surface area contributed by atoms with Crippen LogP contribution in [0, 0.1) is 0 Å². The molecule has 2 rings (SSSR count). The van der Waals surface area contributed by atoms with Gasteiger partial charge < -0.3 is 20.2 Å². The van der Waals surface area contributed by atoms with Crippen LogP contribution in [0.5, 0.6) is 5.75 Å². The highest BCUT2D eigenvalue weighted by Gasteiger charge is 2.08. The molecule has 1 heterocycles. The third-order valence-corrected chi connectivity index (χ3v) is 2.93. The van der Waals surface area contributed by atoms with Crippen LogP contribution in [-0.2, 0) is 6.42 Å². The predicted octanol–water partition coefficient (Wildman–Crippen LogP) is 2.09. The Bertz CT molecular complexity index is 530. The average Bonchev–Trinajstić information content (AvgIpc) is 2.80. The van der Waals surface area contributed by atoms with E-state index >= 15 is 0 Å². The number of methoxy groups -OCH3 is 1. The summed E-state index contributed by atoms with van der Waals surface area (Å²) in [7, 11) is 1.61. The summed E-state index contributed by atoms with van der Waals surface area (Å²) in [5.41, 5.74) is 6.20. The van der Waals surface area contributed by atoms with Crippen molar-refractivity contribution in [3.8, 4) is 5.75 Å². The lowest BCUT2D eigenvalue weighted by Gasteiger charge is -2.06. The largest absolute Gasteiger partial charge is 0.497 e. The first-order valence-corrected chi connectivity index (χ1v) is 6.15. The number of halogens is 1. The Morgan fingerprint density at radius 1 is 1.44 bits per heavy atom. The van der Waals surface area contributed by atoms with Gasteiger partial charge in [0, 0.05) is 23.5 Å². The molecule has 0 aliphatic heterocycles. The van der Waals surface area contributed by atoms with Gasteiger partial charge in [-0.15, -0.1) is 5.10 Å². The molecule has 0 saturated heterocycles. The molecule has 0 saturated carbocycles. The van der Waals surface area contributed by atoms with Gasteiger partial charge in [-0.1, -0.05) is 5.10 Å². The second-order valence-electron chi connectivity index (χ2n) is 3.51. The quantitative estimate of drug-likeness (QED) is 0.879. The first kappa shape index (κ1) is 12.8. The molecule has 0 spiro atoms. The molecule has 0 amide bonds. The normalized spacial score (nSPS) is 10.4. The number of aromatic nitrogens is 2. The first-order valence-electron chi connectivity index (χ1n) is 5.36. The van der Waals surface area contributed by atoms with Crippen molar-refractivity contribution in [1.29, 1.82) is 0 Å². The monoisotopic (exact) mass is 312 g/mol. The van der Waals surface area contributed by atoms with E-state index in [1.54, 1.807) is 7.11 Å². The summed E-state index contributed by atoms with van der Waals surface area (Å²) in [6.07, 6.45) is 0.563. The highest BCUT2D eigenvalue weighted by atomic mass is 79.9. The Kier molecular flexibility index (Phi) is 4.16. The summed E-state index contributed by atoms with van der Waals surface area (Å²) in [6, 6.07) is 5.88. The van der Waals surface area contributed by atoms with Crippen LogP contribution < -0.4 is 15.8 Å². The molecule has 0 radical (unpaired) electrons. The van der Waals surface area contributed by atoms with E-state index in [0.717, 1.165) is 15.9 Å². The molecule has 0 atom stereocenters. The molecule has 96 valence electrons. The molecule has 0 unspecified atom stereocenters. The van der Waals surface area contributed by atoms with E-state index in [1.165, 1.54) is 0 Å². The van der Waals surface area contributed by atoms with Gasteiger partial charge in [-0.25, -0.2) is 0 Å². The van der Waals surface area contributed by atoms with Crippen LogP contribution in [0.4, 0.5) is 11.7 Å². The molecule has 0 fully saturated rings. The van der Waals surface area contributed by atoms with E-state index in [4.69, 9.17) is 14.9 Å². The Morgan fingerprint density at radius 2 is 2.28 bits per heavy atom. The summed E-state index contributed by atoms with van der Waals surface area (Å²) in [5, 5.41) is 10.8. The van der Waals surface area contributed by atoms with Crippen LogP contribution in [0.25, 0.3) is 0 Å². The molecule has 6 nitrogen and oxygen atoms in total. The Morgan fingerprint density at radius 3 is 3.00 bits per heavy atom. The maximum absolute atomic E-state index is 5.41. The number of benzene rings is 1. The zero-order chi connectivity index (χ0) is 13.0. The lowest BCUT2D eigenvalue weighted by molar-refractivity contribution is 0.415. The smallest absolute Gasteiger partial charge is 0.320 e. The molecular weight excluding hydrogens is 300 g/mol. The summed E-state index contributed by atoms with van der Waals surface area (Å²) in [5.74, 6) is 1.25. The number of hydrogen-bond donors (Lipinski definition) is 2. The van der Waals surface area contributed by atoms with E-state index < -0.39 is 0 Å². The van der Waals surface area contributed by atoms with E-state index in [2.05, 4.69) is 31.4 Å². The van der Waals surface area contributed by atoms with Crippen LogP contribution in [0.2, 0.25) is 0 Å². The summed E-state index contributed by atoms with van der Waals surface area (Å²) < 4.78 is 11.4. The topological polar surface area (TPSA) is 86.2 Å². The van der Waals surface area contributed by atoms with Crippen LogP contribution in [0.15, 0.2) is 27.1 Å². The Balaban J connectivity index is 2.16. The third-order valence-electron chi connectivity index (χ3n) is 2.24. The average molecular weight is 313 g/mol. The van der Waals surface area contributed by atoms with E-state index in [0.29, 0.717) is 24.9 Å². The lowest BCUT2D eigenvalue weighted by Crippen LogP contribution is -2.02. The number of rotatable bonds is 5. The number of hydrogen-bond acceptors (Lipinski definition) is 6. The van der Waals surface area contributed by atoms with Crippen molar-refractivity contribution in [3.05, 3.63) is 28.6 Å². The minimum atomic E-state index is 0.326. The van der Waals surface area contributed by atoms with Crippen molar-refractivity contribution in [2.24, 2.45) is 5.73 Å². The van der Waals surface area contributed by atoms with Gasteiger partial charge in [0.25, 0.3) is 0 Å². The van der Waals surface area contributed by atoms with Crippen LogP contribution in [-0.4, -0.2) is 23.9 Å². The minimum absolute atomic E-state index is 0.326. The van der Waals surface area contributed by atoms with Crippen molar-refractivity contribution in [2.75, 3.05) is 19.0 Å². The van der Waals surface area contributed by atoms with Crippen molar-refractivity contribution in [3.63, 3.8) is 0 Å². The second kappa shape index (κ2) is 5.83. The van der Waals surface area contributed by atoms with E-state index in [-0.39, 0.29) is 0 Å². The van der Waals surface area contributed by atoms with E-state index in [9.17, 15) is 0 Å².